The Hall–Kier alpha value is -2.29. The van der Waals surface area contributed by atoms with Gasteiger partial charge in [-0.2, -0.15) is 0 Å². The summed E-state index contributed by atoms with van der Waals surface area (Å²) in [5.41, 5.74) is 2.71. The quantitative estimate of drug-likeness (QED) is 0.912. The molecule has 0 bridgehead atoms. The number of rotatable bonds is 4. The zero-order chi connectivity index (χ0) is 13.7. The summed E-state index contributed by atoms with van der Waals surface area (Å²) in [7, 11) is 1.63. The second kappa shape index (κ2) is 6.05. The van der Waals surface area contributed by atoms with Crippen LogP contribution in [-0.4, -0.2) is 13.0 Å². The van der Waals surface area contributed by atoms with Crippen LogP contribution in [0, 0.1) is 6.92 Å². The zero-order valence-corrected chi connectivity index (χ0v) is 11.1. The number of methoxy groups -OCH3 is 1. The van der Waals surface area contributed by atoms with Crippen LogP contribution < -0.4 is 10.1 Å². The van der Waals surface area contributed by atoms with E-state index in [1.807, 2.05) is 55.5 Å². The van der Waals surface area contributed by atoms with Gasteiger partial charge in [-0.25, -0.2) is 0 Å². The molecule has 0 unspecified atom stereocenters. The zero-order valence-electron chi connectivity index (χ0n) is 11.1. The van der Waals surface area contributed by atoms with Crippen LogP contribution in [0.4, 0.5) is 0 Å². The SMILES string of the molecule is COc1ccccc1CNC(=O)c1cccc(C)c1. The van der Waals surface area contributed by atoms with Crippen molar-refractivity contribution >= 4 is 5.91 Å². The van der Waals surface area contributed by atoms with Crippen molar-refractivity contribution in [3.05, 3.63) is 65.2 Å². The predicted molar refractivity (Wildman–Crippen MR) is 75.3 cm³/mol. The van der Waals surface area contributed by atoms with E-state index in [9.17, 15) is 4.79 Å². The molecular weight excluding hydrogens is 238 g/mol. The van der Waals surface area contributed by atoms with Crippen LogP contribution in [0.25, 0.3) is 0 Å². The first-order valence-electron chi connectivity index (χ1n) is 6.17. The summed E-state index contributed by atoms with van der Waals surface area (Å²) in [6, 6.07) is 15.2. The smallest absolute Gasteiger partial charge is 0.251 e. The molecule has 0 aliphatic rings. The summed E-state index contributed by atoms with van der Waals surface area (Å²) >= 11 is 0. The first-order chi connectivity index (χ1) is 9.20. The molecule has 0 aliphatic heterocycles. The van der Waals surface area contributed by atoms with Gasteiger partial charge in [0.05, 0.1) is 7.11 Å². The van der Waals surface area contributed by atoms with E-state index < -0.39 is 0 Å². The number of hydrogen-bond donors (Lipinski definition) is 1. The maximum Gasteiger partial charge on any atom is 0.251 e. The summed E-state index contributed by atoms with van der Waals surface area (Å²) in [4.78, 5) is 12.0. The second-order valence-electron chi connectivity index (χ2n) is 4.36. The molecule has 2 aromatic rings. The molecule has 98 valence electrons. The van der Waals surface area contributed by atoms with Crippen molar-refractivity contribution in [1.82, 2.24) is 5.32 Å². The van der Waals surface area contributed by atoms with Crippen LogP contribution in [0.3, 0.4) is 0 Å². The van der Waals surface area contributed by atoms with E-state index in [0.717, 1.165) is 16.9 Å². The highest BCUT2D eigenvalue weighted by Crippen LogP contribution is 2.16. The molecule has 1 N–H and O–H groups in total. The predicted octanol–water partition coefficient (Wildman–Crippen LogP) is 2.93. The topological polar surface area (TPSA) is 38.3 Å². The van der Waals surface area contributed by atoms with Gasteiger partial charge in [-0.1, -0.05) is 35.9 Å². The Balaban J connectivity index is 2.04. The van der Waals surface area contributed by atoms with Gasteiger partial charge in [0.15, 0.2) is 0 Å². The molecule has 3 heteroatoms. The standard InChI is InChI=1S/C16H17NO2/c1-12-6-5-8-13(10-12)16(18)17-11-14-7-3-4-9-15(14)19-2/h3-10H,11H2,1-2H3,(H,17,18). The van der Waals surface area contributed by atoms with Crippen molar-refractivity contribution in [3.63, 3.8) is 0 Å². The molecule has 0 fully saturated rings. The normalized spacial score (nSPS) is 10.0. The van der Waals surface area contributed by atoms with Gasteiger partial charge in [-0.3, -0.25) is 4.79 Å². The van der Waals surface area contributed by atoms with E-state index in [-0.39, 0.29) is 5.91 Å². The molecule has 0 radical (unpaired) electrons. The molecule has 0 aromatic heterocycles. The third-order valence-electron chi connectivity index (χ3n) is 2.91. The number of carbonyl (C=O) groups excluding carboxylic acids is 1. The number of benzene rings is 2. The van der Waals surface area contributed by atoms with Gasteiger partial charge in [0.1, 0.15) is 5.75 Å². The molecule has 0 atom stereocenters. The molecular formula is C16H17NO2. The monoisotopic (exact) mass is 255 g/mol. The van der Waals surface area contributed by atoms with Crippen LogP contribution in [0.1, 0.15) is 21.5 Å². The van der Waals surface area contributed by atoms with E-state index in [0.29, 0.717) is 12.1 Å². The summed E-state index contributed by atoms with van der Waals surface area (Å²) in [6.07, 6.45) is 0. The molecule has 3 nitrogen and oxygen atoms in total. The minimum absolute atomic E-state index is 0.0744. The number of hydrogen-bond acceptors (Lipinski definition) is 2. The Bertz CT molecular complexity index is 578. The summed E-state index contributed by atoms with van der Waals surface area (Å²) in [5, 5.41) is 2.90. The molecule has 0 heterocycles. The number of ether oxygens (including phenoxy) is 1. The fourth-order valence-electron chi connectivity index (χ4n) is 1.91. The summed E-state index contributed by atoms with van der Waals surface area (Å²) < 4.78 is 5.25. The molecule has 0 aliphatic carbocycles. The van der Waals surface area contributed by atoms with E-state index >= 15 is 0 Å². The van der Waals surface area contributed by atoms with Crippen molar-refractivity contribution < 1.29 is 9.53 Å². The highest BCUT2D eigenvalue weighted by Gasteiger charge is 2.07. The Labute approximate surface area is 113 Å². The van der Waals surface area contributed by atoms with Crippen molar-refractivity contribution in [3.8, 4) is 5.75 Å². The lowest BCUT2D eigenvalue weighted by Gasteiger charge is -2.09. The van der Waals surface area contributed by atoms with E-state index in [1.54, 1.807) is 7.11 Å². The first kappa shape index (κ1) is 13.1. The number of aryl methyl sites for hydroxylation is 1. The molecule has 0 saturated heterocycles. The number of para-hydroxylation sites is 1. The van der Waals surface area contributed by atoms with Crippen molar-refractivity contribution in [2.24, 2.45) is 0 Å². The Kier molecular flexibility index (Phi) is 4.18. The largest absolute Gasteiger partial charge is 0.496 e. The number of nitrogens with one attached hydrogen (secondary N) is 1. The number of amides is 1. The molecule has 2 aromatic carbocycles. The second-order valence-corrected chi connectivity index (χ2v) is 4.36. The van der Waals surface area contributed by atoms with Gasteiger partial charge < -0.3 is 10.1 Å². The van der Waals surface area contributed by atoms with Gasteiger partial charge in [-0.05, 0) is 25.1 Å². The van der Waals surface area contributed by atoms with Crippen LogP contribution in [0.15, 0.2) is 48.5 Å². The van der Waals surface area contributed by atoms with Crippen LogP contribution in [0.2, 0.25) is 0 Å². The highest BCUT2D eigenvalue weighted by molar-refractivity contribution is 5.94. The van der Waals surface area contributed by atoms with Crippen molar-refractivity contribution in [1.29, 1.82) is 0 Å². The Morgan fingerprint density at radius 1 is 1.16 bits per heavy atom. The van der Waals surface area contributed by atoms with E-state index in [4.69, 9.17) is 4.74 Å². The molecule has 1 amide bonds. The first-order valence-corrected chi connectivity index (χ1v) is 6.17. The third-order valence-corrected chi connectivity index (χ3v) is 2.91. The lowest BCUT2D eigenvalue weighted by atomic mass is 10.1. The minimum Gasteiger partial charge on any atom is -0.496 e. The Morgan fingerprint density at radius 2 is 1.95 bits per heavy atom. The highest BCUT2D eigenvalue weighted by atomic mass is 16.5. The van der Waals surface area contributed by atoms with E-state index in [1.165, 1.54) is 0 Å². The fraction of sp³-hybridized carbons (Fsp3) is 0.188. The van der Waals surface area contributed by atoms with Crippen LogP contribution in [0.5, 0.6) is 5.75 Å². The lowest BCUT2D eigenvalue weighted by molar-refractivity contribution is 0.0950. The maximum absolute atomic E-state index is 12.0. The van der Waals surface area contributed by atoms with Crippen LogP contribution in [-0.2, 0) is 6.54 Å². The summed E-state index contributed by atoms with van der Waals surface area (Å²) in [5.74, 6) is 0.710. The average molecular weight is 255 g/mol. The average Bonchev–Trinajstić information content (AvgIpc) is 2.45. The van der Waals surface area contributed by atoms with Gasteiger partial charge in [0.25, 0.3) is 5.91 Å². The van der Waals surface area contributed by atoms with Gasteiger partial charge >= 0.3 is 0 Å². The van der Waals surface area contributed by atoms with Gasteiger partial charge in [0.2, 0.25) is 0 Å². The Morgan fingerprint density at radius 3 is 2.68 bits per heavy atom. The minimum atomic E-state index is -0.0744. The molecule has 2 rings (SSSR count). The van der Waals surface area contributed by atoms with Crippen molar-refractivity contribution in [2.45, 2.75) is 13.5 Å². The van der Waals surface area contributed by atoms with Gasteiger partial charge in [-0.15, -0.1) is 0 Å². The van der Waals surface area contributed by atoms with Crippen molar-refractivity contribution in [2.75, 3.05) is 7.11 Å². The van der Waals surface area contributed by atoms with Gasteiger partial charge in [0, 0.05) is 17.7 Å². The molecule has 0 saturated carbocycles. The third kappa shape index (κ3) is 3.35. The fourth-order valence-corrected chi connectivity index (χ4v) is 1.91. The maximum atomic E-state index is 12.0. The van der Waals surface area contributed by atoms with Crippen LogP contribution >= 0.6 is 0 Å². The number of carbonyl (C=O) groups is 1. The summed E-state index contributed by atoms with van der Waals surface area (Å²) in [6.45, 7) is 2.42. The molecule has 0 spiro atoms. The van der Waals surface area contributed by atoms with E-state index in [2.05, 4.69) is 5.32 Å². The lowest BCUT2D eigenvalue weighted by Crippen LogP contribution is -2.23. The molecule has 19 heavy (non-hydrogen) atoms.